The molecular formula is C29H28N4O. The molecule has 0 saturated carbocycles. The van der Waals surface area contributed by atoms with Crippen LogP contribution in [0, 0.1) is 0 Å². The van der Waals surface area contributed by atoms with Gasteiger partial charge in [-0.15, -0.1) is 10.2 Å². The molecule has 0 aliphatic carbocycles. The maximum absolute atomic E-state index is 12.7. The highest BCUT2D eigenvalue weighted by Gasteiger charge is 2.12. The summed E-state index contributed by atoms with van der Waals surface area (Å²) in [6, 6.07) is 29.6. The van der Waals surface area contributed by atoms with Gasteiger partial charge in [-0.05, 0) is 60.4 Å². The van der Waals surface area contributed by atoms with Gasteiger partial charge in [-0.3, -0.25) is 4.79 Å². The fourth-order valence-corrected chi connectivity index (χ4v) is 4.32. The van der Waals surface area contributed by atoms with Gasteiger partial charge in [0.05, 0.1) is 5.69 Å². The van der Waals surface area contributed by atoms with Crippen molar-refractivity contribution in [3.05, 3.63) is 96.6 Å². The lowest BCUT2D eigenvalue weighted by molar-refractivity contribution is 0.102. The first-order valence-electron chi connectivity index (χ1n) is 11.9. The second-order valence-electron chi connectivity index (χ2n) is 8.65. The van der Waals surface area contributed by atoms with Crippen molar-refractivity contribution in [3.63, 3.8) is 0 Å². The number of aromatic nitrogens is 2. The van der Waals surface area contributed by atoms with Crippen LogP contribution in [0.25, 0.3) is 22.4 Å². The molecule has 3 aromatic carbocycles. The number of hydrogen-bond acceptors (Lipinski definition) is 4. The van der Waals surface area contributed by atoms with Crippen molar-refractivity contribution in [2.24, 2.45) is 0 Å². The molecule has 5 heteroatoms. The lowest BCUT2D eigenvalue weighted by atomic mass is 10.0. The molecule has 0 unspecified atom stereocenters. The number of amides is 1. The fraction of sp³-hybridized carbons (Fsp3) is 0.207. The largest absolute Gasteiger partial charge is 0.355 e. The molecule has 1 N–H and O–H groups in total. The van der Waals surface area contributed by atoms with Crippen molar-refractivity contribution in [1.29, 1.82) is 0 Å². The molecule has 1 aromatic heterocycles. The van der Waals surface area contributed by atoms with E-state index in [2.05, 4.69) is 38.6 Å². The van der Waals surface area contributed by atoms with Crippen LogP contribution >= 0.6 is 0 Å². The van der Waals surface area contributed by atoms with Gasteiger partial charge in [0.15, 0.2) is 5.82 Å². The average molecular weight is 449 g/mol. The zero-order valence-electron chi connectivity index (χ0n) is 19.2. The molecule has 1 fully saturated rings. The molecular weight excluding hydrogens is 420 g/mol. The number of benzene rings is 3. The third-order valence-corrected chi connectivity index (χ3v) is 6.27. The molecule has 1 saturated heterocycles. The van der Waals surface area contributed by atoms with E-state index >= 15 is 0 Å². The number of anilines is 2. The normalized spacial score (nSPS) is 13.8. The first-order valence-corrected chi connectivity index (χ1v) is 11.9. The summed E-state index contributed by atoms with van der Waals surface area (Å²) in [6.07, 6.45) is 5.02. The predicted octanol–water partition coefficient (Wildman–Crippen LogP) is 6.44. The van der Waals surface area contributed by atoms with Crippen molar-refractivity contribution in [2.75, 3.05) is 23.3 Å². The Bertz CT molecular complexity index is 1210. The number of nitrogens with one attached hydrogen (secondary N) is 1. The SMILES string of the molecule is O=C(Nc1ccc(-c2ccc(N3CCCCCC3)nn2)cc1)c1ccc(-c2ccccc2)cc1. The quantitative estimate of drug-likeness (QED) is 0.381. The molecule has 34 heavy (non-hydrogen) atoms. The highest BCUT2D eigenvalue weighted by atomic mass is 16.1. The predicted molar refractivity (Wildman–Crippen MR) is 138 cm³/mol. The molecule has 1 aliphatic heterocycles. The Hall–Kier alpha value is -3.99. The zero-order chi connectivity index (χ0) is 23.2. The van der Waals surface area contributed by atoms with Gasteiger partial charge in [-0.1, -0.05) is 67.4 Å². The molecule has 2 heterocycles. The molecule has 1 aliphatic rings. The first-order chi connectivity index (χ1) is 16.8. The van der Waals surface area contributed by atoms with Gasteiger partial charge in [0.25, 0.3) is 5.91 Å². The van der Waals surface area contributed by atoms with E-state index in [1.807, 2.05) is 72.8 Å². The van der Waals surface area contributed by atoms with Gasteiger partial charge in [-0.2, -0.15) is 0 Å². The maximum atomic E-state index is 12.7. The van der Waals surface area contributed by atoms with E-state index in [0.717, 1.165) is 47.0 Å². The number of carbonyl (C=O) groups is 1. The summed E-state index contributed by atoms with van der Waals surface area (Å²) in [7, 11) is 0. The molecule has 5 nitrogen and oxygen atoms in total. The van der Waals surface area contributed by atoms with Gasteiger partial charge in [-0.25, -0.2) is 0 Å². The lowest BCUT2D eigenvalue weighted by Gasteiger charge is -2.20. The molecule has 0 spiro atoms. The minimum Gasteiger partial charge on any atom is -0.355 e. The number of carbonyl (C=O) groups excluding carboxylic acids is 1. The van der Waals surface area contributed by atoms with Gasteiger partial charge in [0.2, 0.25) is 0 Å². The topological polar surface area (TPSA) is 58.1 Å². The van der Waals surface area contributed by atoms with Crippen molar-refractivity contribution < 1.29 is 4.79 Å². The van der Waals surface area contributed by atoms with Crippen LogP contribution in [-0.4, -0.2) is 29.2 Å². The summed E-state index contributed by atoms with van der Waals surface area (Å²) < 4.78 is 0. The monoisotopic (exact) mass is 448 g/mol. The van der Waals surface area contributed by atoms with Crippen LogP contribution in [0.2, 0.25) is 0 Å². The average Bonchev–Trinajstić information content (AvgIpc) is 3.20. The molecule has 170 valence electrons. The molecule has 0 radical (unpaired) electrons. The van der Waals surface area contributed by atoms with E-state index in [-0.39, 0.29) is 5.91 Å². The van der Waals surface area contributed by atoms with E-state index in [1.54, 1.807) is 0 Å². The van der Waals surface area contributed by atoms with E-state index in [4.69, 9.17) is 0 Å². The summed E-state index contributed by atoms with van der Waals surface area (Å²) >= 11 is 0. The van der Waals surface area contributed by atoms with Crippen LogP contribution in [0.1, 0.15) is 36.0 Å². The standard InChI is InChI=1S/C29H28N4O/c34-29(25-12-10-23(11-13-25)22-8-4-3-5-9-22)30-26-16-14-24(15-17-26)27-18-19-28(32-31-27)33-20-6-1-2-7-21-33/h3-5,8-19H,1-2,6-7,20-21H2,(H,30,34). The number of hydrogen-bond donors (Lipinski definition) is 1. The molecule has 0 bridgehead atoms. The fourth-order valence-electron chi connectivity index (χ4n) is 4.32. The van der Waals surface area contributed by atoms with Crippen LogP contribution in [0.5, 0.6) is 0 Å². The van der Waals surface area contributed by atoms with Gasteiger partial charge >= 0.3 is 0 Å². The Morgan fingerprint density at radius 3 is 1.94 bits per heavy atom. The Balaban J connectivity index is 1.22. The molecule has 1 amide bonds. The minimum atomic E-state index is -0.131. The van der Waals surface area contributed by atoms with Crippen LogP contribution in [-0.2, 0) is 0 Å². The molecule has 0 atom stereocenters. The number of nitrogens with zero attached hydrogens (tertiary/aromatic N) is 3. The lowest BCUT2D eigenvalue weighted by Crippen LogP contribution is -2.25. The zero-order valence-corrected chi connectivity index (χ0v) is 19.2. The van der Waals surface area contributed by atoms with Crippen molar-refractivity contribution in [1.82, 2.24) is 10.2 Å². The van der Waals surface area contributed by atoms with Crippen LogP contribution in [0.15, 0.2) is 91.0 Å². The van der Waals surface area contributed by atoms with Crippen molar-refractivity contribution in [3.8, 4) is 22.4 Å². The smallest absolute Gasteiger partial charge is 0.255 e. The second-order valence-corrected chi connectivity index (χ2v) is 8.65. The Morgan fingerprint density at radius 1 is 0.647 bits per heavy atom. The van der Waals surface area contributed by atoms with Gasteiger partial charge in [0, 0.05) is 29.9 Å². The van der Waals surface area contributed by atoms with E-state index in [1.165, 1.54) is 25.7 Å². The van der Waals surface area contributed by atoms with Crippen LogP contribution < -0.4 is 10.2 Å². The summed E-state index contributed by atoms with van der Waals surface area (Å²) in [4.78, 5) is 15.0. The number of rotatable bonds is 5. The summed E-state index contributed by atoms with van der Waals surface area (Å²) in [5, 5.41) is 11.9. The maximum Gasteiger partial charge on any atom is 0.255 e. The van der Waals surface area contributed by atoms with Gasteiger partial charge in [0.1, 0.15) is 0 Å². The van der Waals surface area contributed by atoms with Crippen LogP contribution in [0.4, 0.5) is 11.5 Å². The highest BCUT2D eigenvalue weighted by Crippen LogP contribution is 2.23. The summed E-state index contributed by atoms with van der Waals surface area (Å²) in [5.41, 5.74) is 5.39. The highest BCUT2D eigenvalue weighted by molar-refractivity contribution is 6.04. The summed E-state index contributed by atoms with van der Waals surface area (Å²) in [6.45, 7) is 2.11. The van der Waals surface area contributed by atoms with Crippen molar-refractivity contribution in [2.45, 2.75) is 25.7 Å². The Morgan fingerprint density at radius 2 is 1.29 bits per heavy atom. The van der Waals surface area contributed by atoms with Crippen LogP contribution in [0.3, 0.4) is 0 Å². The minimum absolute atomic E-state index is 0.131. The van der Waals surface area contributed by atoms with E-state index < -0.39 is 0 Å². The van der Waals surface area contributed by atoms with Gasteiger partial charge < -0.3 is 10.2 Å². The second kappa shape index (κ2) is 10.3. The molecule has 4 aromatic rings. The Labute approximate surface area is 200 Å². The summed E-state index contributed by atoms with van der Waals surface area (Å²) in [5.74, 6) is 0.821. The van der Waals surface area contributed by atoms with E-state index in [0.29, 0.717) is 5.56 Å². The third kappa shape index (κ3) is 5.15. The molecule has 5 rings (SSSR count). The first kappa shape index (κ1) is 21.8. The van der Waals surface area contributed by atoms with E-state index in [9.17, 15) is 4.79 Å². The van der Waals surface area contributed by atoms with Crippen molar-refractivity contribution >= 4 is 17.4 Å². The Kier molecular flexibility index (Phi) is 6.61. The third-order valence-electron chi connectivity index (χ3n) is 6.27.